The van der Waals surface area contributed by atoms with Gasteiger partial charge in [0, 0.05) is 25.3 Å². The lowest BCUT2D eigenvalue weighted by atomic mass is 9.93. The Morgan fingerprint density at radius 3 is 3.25 bits per heavy atom. The Balaban J connectivity index is 1.79. The van der Waals surface area contributed by atoms with Crippen LogP contribution in [0, 0.1) is 5.92 Å². The Labute approximate surface area is 104 Å². The van der Waals surface area contributed by atoms with Gasteiger partial charge in [0.05, 0.1) is 4.47 Å². The van der Waals surface area contributed by atoms with Crippen LogP contribution in [-0.2, 0) is 0 Å². The average molecular weight is 283 g/mol. The molecular weight excluding hydrogens is 268 g/mol. The molecule has 3 heterocycles. The molecule has 2 saturated heterocycles. The minimum absolute atomic E-state index is 0.733. The first-order valence-electron chi connectivity index (χ1n) is 5.78. The van der Waals surface area contributed by atoms with Crippen LogP contribution >= 0.6 is 15.9 Å². The first-order valence-corrected chi connectivity index (χ1v) is 6.58. The normalized spacial score (nSPS) is 29.2. The van der Waals surface area contributed by atoms with Crippen molar-refractivity contribution >= 4 is 21.7 Å². The minimum Gasteiger partial charge on any atom is -0.355 e. The Morgan fingerprint density at radius 2 is 2.38 bits per heavy atom. The van der Waals surface area contributed by atoms with Gasteiger partial charge in [-0.1, -0.05) is 0 Å². The summed E-state index contributed by atoms with van der Waals surface area (Å²) in [5.74, 6) is 1.83. The van der Waals surface area contributed by atoms with E-state index in [4.69, 9.17) is 0 Å². The number of nitrogens with one attached hydrogen (secondary N) is 1. The van der Waals surface area contributed by atoms with Crippen LogP contribution in [0.1, 0.15) is 12.8 Å². The molecule has 0 spiro atoms. The van der Waals surface area contributed by atoms with Gasteiger partial charge < -0.3 is 10.2 Å². The number of fused-ring (bicyclic) bond motifs is 1. The molecule has 0 saturated carbocycles. The van der Waals surface area contributed by atoms with Gasteiger partial charge in [-0.3, -0.25) is 0 Å². The monoisotopic (exact) mass is 282 g/mol. The van der Waals surface area contributed by atoms with Crippen molar-refractivity contribution in [3.05, 3.63) is 17.0 Å². The number of piperidine rings is 1. The first-order chi connectivity index (χ1) is 7.84. The largest absolute Gasteiger partial charge is 0.355 e. The van der Waals surface area contributed by atoms with Gasteiger partial charge in [0.15, 0.2) is 0 Å². The Kier molecular flexibility index (Phi) is 2.81. The van der Waals surface area contributed by atoms with Crippen LogP contribution in [0.4, 0.5) is 5.82 Å². The number of hydrogen-bond acceptors (Lipinski definition) is 4. The van der Waals surface area contributed by atoms with Crippen molar-refractivity contribution in [2.45, 2.75) is 18.9 Å². The van der Waals surface area contributed by atoms with Crippen LogP contribution in [0.15, 0.2) is 17.0 Å². The van der Waals surface area contributed by atoms with Gasteiger partial charge in [-0.2, -0.15) is 0 Å². The maximum atomic E-state index is 4.36. The molecule has 0 aliphatic carbocycles. The lowest BCUT2D eigenvalue weighted by Gasteiger charge is -2.35. The summed E-state index contributed by atoms with van der Waals surface area (Å²) in [5, 5.41) is 3.57. The summed E-state index contributed by atoms with van der Waals surface area (Å²) in [7, 11) is 0. The Hall–Kier alpha value is -0.680. The van der Waals surface area contributed by atoms with E-state index in [9.17, 15) is 0 Å². The molecule has 2 aliphatic heterocycles. The second-order valence-corrected chi connectivity index (χ2v) is 5.39. The molecule has 0 aromatic carbocycles. The summed E-state index contributed by atoms with van der Waals surface area (Å²) < 4.78 is 0.999. The summed E-state index contributed by atoms with van der Waals surface area (Å²) in [6, 6.07) is 0.733. The SMILES string of the molecule is Brc1cncnc1N1CCC2NCCC2C1. The van der Waals surface area contributed by atoms with Gasteiger partial charge >= 0.3 is 0 Å². The Bertz CT molecular complexity index is 384. The molecule has 0 bridgehead atoms. The number of aromatic nitrogens is 2. The van der Waals surface area contributed by atoms with Gasteiger partial charge in [-0.15, -0.1) is 0 Å². The number of hydrogen-bond donors (Lipinski definition) is 1. The summed E-state index contributed by atoms with van der Waals surface area (Å²) in [6.07, 6.45) is 5.96. The molecule has 0 amide bonds. The number of halogens is 1. The smallest absolute Gasteiger partial charge is 0.146 e. The van der Waals surface area contributed by atoms with Crippen molar-refractivity contribution in [1.29, 1.82) is 0 Å². The molecule has 5 heteroatoms. The maximum absolute atomic E-state index is 4.36. The van der Waals surface area contributed by atoms with Crippen molar-refractivity contribution in [2.75, 3.05) is 24.5 Å². The molecule has 1 N–H and O–H groups in total. The van der Waals surface area contributed by atoms with Crippen molar-refractivity contribution in [3.63, 3.8) is 0 Å². The lowest BCUT2D eigenvalue weighted by molar-refractivity contribution is 0.374. The highest BCUT2D eigenvalue weighted by Gasteiger charge is 2.33. The van der Waals surface area contributed by atoms with Crippen molar-refractivity contribution in [3.8, 4) is 0 Å². The predicted molar refractivity (Wildman–Crippen MR) is 66.5 cm³/mol. The van der Waals surface area contributed by atoms with E-state index in [1.54, 1.807) is 6.33 Å². The molecule has 0 radical (unpaired) electrons. The third-order valence-electron chi connectivity index (χ3n) is 3.60. The highest BCUT2D eigenvalue weighted by atomic mass is 79.9. The quantitative estimate of drug-likeness (QED) is 0.846. The van der Waals surface area contributed by atoms with Gasteiger partial charge in [0.1, 0.15) is 12.1 Å². The molecule has 2 fully saturated rings. The van der Waals surface area contributed by atoms with E-state index in [1.165, 1.54) is 19.4 Å². The molecule has 1 aromatic rings. The summed E-state index contributed by atoms with van der Waals surface area (Å²) in [5.41, 5.74) is 0. The van der Waals surface area contributed by atoms with Gasteiger partial charge in [0.25, 0.3) is 0 Å². The molecule has 2 aliphatic rings. The molecule has 1 aromatic heterocycles. The second kappa shape index (κ2) is 4.30. The zero-order chi connectivity index (χ0) is 11.0. The maximum Gasteiger partial charge on any atom is 0.146 e. The summed E-state index contributed by atoms with van der Waals surface area (Å²) in [6.45, 7) is 3.38. The molecule has 16 heavy (non-hydrogen) atoms. The fraction of sp³-hybridized carbons (Fsp3) is 0.636. The van der Waals surface area contributed by atoms with Gasteiger partial charge in [-0.25, -0.2) is 9.97 Å². The van der Waals surface area contributed by atoms with E-state index in [0.29, 0.717) is 0 Å². The zero-order valence-electron chi connectivity index (χ0n) is 9.06. The lowest BCUT2D eigenvalue weighted by Crippen LogP contribution is -2.44. The van der Waals surface area contributed by atoms with E-state index in [0.717, 1.165) is 35.3 Å². The fourth-order valence-electron chi connectivity index (χ4n) is 2.78. The summed E-state index contributed by atoms with van der Waals surface area (Å²) in [4.78, 5) is 10.7. The summed E-state index contributed by atoms with van der Waals surface area (Å²) >= 11 is 3.52. The van der Waals surface area contributed by atoms with Crippen LogP contribution in [-0.4, -0.2) is 35.6 Å². The van der Waals surface area contributed by atoms with E-state index in [-0.39, 0.29) is 0 Å². The number of rotatable bonds is 1. The van der Waals surface area contributed by atoms with Crippen LogP contribution in [0.25, 0.3) is 0 Å². The standard InChI is InChI=1S/C11H15BrN4/c12-9-5-13-7-15-11(9)16-4-2-10-8(6-16)1-3-14-10/h5,7-8,10,14H,1-4,6H2. The molecule has 3 rings (SSSR count). The second-order valence-electron chi connectivity index (χ2n) is 4.54. The van der Waals surface area contributed by atoms with Gasteiger partial charge in [-0.05, 0) is 41.2 Å². The third-order valence-corrected chi connectivity index (χ3v) is 4.16. The number of anilines is 1. The highest BCUT2D eigenvalue weighted by molar-refractivity contribution is 9.10. The molecule has 2 unspecified atom stereocenters. The third kappa shape index (κ3) is 1.82. The number of nitrogens with zero attached hydrogens (tertiary/aromatic N) is 3. The average Bonchev–Trinajstić information content (AvgIpc) is 2.76. The molecule has 2 atom stereocenters. The van der Waals surface area contributed by atoms with E-state index >= 15 is 0 Å². The molecule has 4 nitrogen and oxygen atoms in total. The van der Waals surface area contributed by atoms with Crippen molar-refractivity contribution < 1.29 is 0 Å². The fourth-order valence-corrected chi connectivity index (χ4v) is 3.25. The van der Waals surface area contributed by atoms with Crippen LogP contribution < -0.4 is 10.2 Å². The zero-order valence-corrected chi connectivity index (χ0v) is 10.7. The van der Waals surface area contributed by atoms with E-state index < -0.39 is 0 Å². The molecular formula is C11H15BrN4. The Morgan fingerprint density at radius 1 is 1.44 bits per heavy atom. The highest BCUT2D eigenvalue weighted by Crippen LogP contribution is 2.30. The minimum atomic E-state index is 0.733. The van der Waals surface area contributed by atoms with Crippen molar-refractivity contribution in [1.82, 2.24) is 15.3 Å². The van der Waals surface area contributed by atoms with Crippen LogP contribution in [0.2, 0.25) is 0 Å². The van der Waals surface area contributed by atoms with Gasteiger partial charge in [0.2, 0.25) is 0 Å². The van der Waals surface area contributed by atoms with Crippen molar-refractivity contribution in [2.24, 2.45) is 5.92 Å². The van der Waals surface area contributed by atoms with Crippen LogP contribution in [0.3, 0.4) is 0 Å². The predicted octanol–water partition coefficient (Wildman–Crippen LogP) is 1.43. The molecule has 86 valence electrons. The first kappa shape index (κ1) is 10.5. The van der Waals surface area contributed by atoms with Crippen LogP contribution in [0.5, 0.6) is 0 Å². The van der Waals surface area contributed by atoms with E-state index in [1.807, 2.05) is 6.20 Å². The van der Waals surface area contributed by atoms with E-state index in [2.05, 4.69) is 36.1 Å². The topological polar surface area (TPSA) is 41.1 Å².